The fourth-order valence-electron chi connectivity index (χ4n) is 2.55. The van der Waals surface area contributed by atoms with Crippen molar-refractivity contribution < 1.29 is 27.5 Å². The van der Waals surface area contributed by atoms with Gasteiger partial charge in [-0.2, -0.15) is 0 Å². The molecular weight excluding hydrogens is 428 g/mol. The number of rotatable bonds is 6. The zero-order valence-electron chi connectivity index (χ0n) is 17.4. The van der Waals surface area contributed by atoms with Gasteiger partial charge in [0.2, 0.25) is 0 Å². The molecular formula is C20H24N2O6S2. The van der Waals surface area contributed by atoms with Crippen LogP contribution in [0.3, 0.4) is 0 Å². The van der Waals surface area contributed by atoms with E-state index >= 15 is 0 Å². The normalized spacial score (nSPS) is 11.3. The van der Waals surface area contributed by atoms with Gasteiger partial charge in [0.15, 0.2) is 9.84 Å². The van der Waals surface area contributed by atoms with Crippen LogP contribution in [0.5, 0.6) is 0 Å². The van der Waals surface area contributed by atoms with E-state index in [1.165, 1.54) is 35.6 Å². The van der Waals surface area contributed by atoms with E-state index in [-0.39, 0.29) is 27.6 Å². The van der Waals surface area contributed by atoms with Gasteiger partial charge in [0.1, 0.15) is 5.00 Å². The van der Waals surface area contributed by atoms with E-state index in [2.05, 4.69) is 10.6 Å². The molecule has 3 amide bonds. The predicted octanol–water partition coefficient (Wildman–Crippen LogP) is 3.69. The molecule has 0 saturated carbocycles. The summed E-state index contributed by atoms with van der Waals surface area (Å²) in [7, 11) is -3.44. The Labute approximate surface area is 179 Å². The molecule has 2 aromatic rings. The molecule has 0 aliphatic carbocycles. The second-order valence-electron chi connectivity index (χ2n) is 6.73. The van der Waals surface area contributed by atoms with Crippen LogP contribution >= 0.6 is 11.3 Å². The van der Waals surface area contributed by atoms with Crippen LogP contribution in [0.1, 0.15) is 51.9 Å². The molecule has 0 saturated heterocycles. The van der Waals surface area contributed by atoms with Gasteiger partial charge in [-0.25, -0.2) is 13.2 Å². The van der Waals surface area contributed by atoms with Gasteiger partial charge in [0, 0.05) is 10.4 Å². The Morgan fingerprint density at radius 3 is 2.20 bits per heavy atom. The molecule has 1 aromatic heterocycles. The van der Waals surface area contributed by atoms with E-state index in [1.807, 2.05) is 0 Å². The van der Waals surface area contributed by atoms with E-state index in [0.29, 0.717) is 5.56 Å². The zero-order valence-corrected chi connectivity index (χ0v) is 19.0. The number of nitrogens with one attached hydrogen (secondary N) is 2. The first-order valence-corrected chi connectivity index (χ1v) is 11.6. The van der Waals surface area contributed by atoms with Gasteiger partial charge in [-0.3, -0.25) is 14.9 Å². The molecule has 0 bridgehead atoms. The number of hydrogen-bond donors (Lipinski definition) is 2. The van der Waals surface area contributed by atoms with E-state index in [1.54, 1.807) is 34.6 Å². The Balaban J connectivity index is 2.26. The highest BCUT2D eigenvalue weighted by Crippen LogP contribution is 2.33. The molecule has 30 heavy (non-hydrogen) atoms. The van der Waals surface area contributed by atoms with Crippen molar-refractivity contribution in [3.8, 4) is 0 Å². The fourth-order valence-corrected chi connectivity index (χ4v) is 4.67. The molecule has 2 N–H and O–H groups in total. The van der Waals surface area contributed by atoms with Gasteiger partial charge in [-0.15, -0.1) is 11.3 Å². The third-order valence-electron chi connectivity index (χ3n) is 4.40. The highest BCUT2D eigenvalue weighted by Gasteiger charge is 2.24. The largest absolute Gasteiger partial charge is 0.450 e. The smallest absolute Gasteiger partial charge is 0.414 e. The Hall–Kier alpha value is -2.72. The Morgan fingerprint density at radius 2 is 1.67 bits per heavy atom. The number of carbonyl (C=O) groups is 3. The van der Waals surface area contributed by atoms with Crippen LogP contribution in [0.4, 0.5) is 9.80 Å². The van der Waals surface area contributed by atoms with Crippen LogP contribution < -0.4 is 10.6 Å². The molecule has 1 heterocycles. The van der Waals surface area contributed by atoms with Gasteiger partial charge in [0.05, 0.1) is 22.3 Å². The van der Waals surface area contributed by atoms with Crippen molar-refractivity contribution in [1.29, 1.82) is 0 Å². The van der Waals surface area contributed by atoms with Gasteiger partial charge in [-0.1, -0.05) is 0 Å². The lowest BCUT2D eigenvalue weighted by molar-refractivity contribution is 0.0925. The lowest BCUT2D eigenvalue weighted by Crippen LogP contribution is -2.31. The van der Waals surface area contributed by atoms with Crippen molar-refractivity contribution in [2.45, 2.75) is 44.8 Å². The highest BCUT2D eigenvalue weighted by molar-refractivity contribution is 7.92. The number of imide groups is 1. The minimum atomic E-state index is -3.44. The molecule has 10 heteroatoms. The SMILES string of the molecule is CCOC(=O)NC(=O)c1c(NC(=O)c2ccc(S(=O)(=O)C(C)C)cc2)sc(C)c1C. The Bertz CT molecular complexity index is 1070. The minimum Gasteiger partial charge on any atom is -0.450 e. The number of sulfone groups is 1. The molecule has 0 atom stereocenters. The van der Waals surface area contributed by atoms with Gasteiger partial charge in [-0.05, 0) is 64.4 Å². The average Bonchev–Trinajstić information content (AvgIpc) is 2.95. The maximum absolute atomic E-state index is 12.7. The lowest BCUT2D eigenvalue weighted by atomic mass is 10.1. The Morgan fingerprint density at radius 1 is 1.07 bits per heavy atom. The highest BCUT2D eigenvalue weighted by atomic mass is 32.2. The topological polar surface area (TPSA) is 119 Å². The van der Waals surface area contributed by atoms with E-state index < -0.39 is 33.0 Å². The van der Waals surface area contributed by atoms with Crippen molar-refractivity contribution in [1.82, 2.24) is 5.32 Å². The van der Waals surface area contributed by atoms with E-state index in [0.717, 1.165) is 4.88 Å². The standard InChI is InChI=1S/C20H24N2O6S2/c1-6-28-20(25)22-18(24)16-12(4)13(5)29-19(16)21-17(23)14-7-9-15(10-8-14)30(26,27)11(2)3/h7-11H,6H2,1-5H3,(H,21,23)(H,22,24,25). The van der Waals surface area contributed by atoms with Crippen LogP contribution in [0.25, 0.3) is 0 Å². The van der Waals surface area contributed by atoms with Crippen molar-refractivity contribution in [3.63, 3.8) is 0 Å². The van der Waals surface area contributed by atoms with Crippen LogP contribution in [0.15, 0.2) is 29.2 Å². The molecule has 2 rings (SSSR count). The number of alkyl carbamates (subject to hydrolysis) is 1. The fraction of sp³-hybridized carbons (Fsp3) is 0.350. The summed E-state index contributed by atoms with van der Waals surface area (Å²) in [5.41, 5.74) is 1.05. The molecule has 0 fully saturated rings. The number of aryl methyl sites for hydroxylation is 1. The summed E-state index contributed by atoms with van der Waals surface area (Å²) in [5, 5.41) is 4.51. The third-order valence-corrected chi connectivity index (χ3v) is 7.69. The summed E-state index contributed by atoms with van der Waals surface area (Å²) in [5.74, 6) is -1.18. The first kappa shape index (κ1) is 23.6. The zero-order chi connectivity index (χ0) is 22.6. The summed E-state index contributed by atoms with van der Waals surface area (Å²) in [6, 6.07) is 5.58. The maximum atomic E-state index is 12.7. The van der Waals surface area contributed by atoms with Crippen molar-refractivity contribution in [3.05, 3.63) is 45.8 Å². The monoisotopic (exact) mass is 452 g/mol. The Kier molecular flexibility index (Phi) is 7.38. The van der Waals surface area contributed by atoms with Gasteiger partial charge >= 0.3 is 6.09 Å². The van der Waals surface area contributed by atoms with Crippen LogP contribution in [0.2, 0.25) is 0 Å². The van der Waals surface area contributed by atoms with Gasteiger partial charge < -0.3 is 10.1 Å². The number of ether oxygens (including phenoxy) is 1. The van der Waals surface area contributed by atoms with Crippen molar-refractivity contribution >= 4 is 44.1 Å². The molecule has 0 aliphatic heterocycles. The quantitative estimate of drug-likeness (QED) is 0.690. The summed E-state index contributed by atoms with van der Waals surface area (Å²) in [4.78, 5) is 37.7. The second-order valence-corrected chi connectivity index (χ2v) is 10.5. The van der Waals surface area contributed by atoms with Crippen LogP contribution in [0, 0.1) is 13.8 Å². The van der Waals surface area contributed by atoms with Crippen LogP contribution in [-0.2, 0) is 14.6 Å². The average molecular weight is 453 g/mol. The molecule has 0 aliphatic rings. The number of carbonyl (C=O) groups excluding carboxylic acids is 3. The molecule has 8 nitrogen and oxygen atoms in total. The minimum absolute atomic E-state index is 0.118. The number of anilines is 1. The van der Waals surface area contributed by atoms with Crippen molar-refractivity contribution in [2.75, 3.05) is 11.9 Å². The third kappa shape index (κ3) is 5.06. The first-order valence-electron chi connectivity index (χ1n) is 9.22. The first-order chi connectivity index (χ1) is 14.0. The van der Waals surface area contributed by atoms with Crippen LogP contribution in [-0.4, -0.2) is 38.2 Å². The predicted molar refractivity (Wildman–Crippen MR) is 115 cm³/mol. The molecule has 162 valence electrons. The van der Waals surface area contributed by atoms with E-state index in [4.69, 9.17) is 4.74 Å². The lowest BCUT2D eigenvalue weighted by Gasteiger charge is -2.10. The number of thiophene rings is 1. The summed E-state index contributed by atoms with van der Waals surface area (Å²) in [6.45, 7) is 8.41. The summed E-state index contributed by atoms with van der Waals surface area (Å²) >= 11 is 1.20. The number of amides is 3. The second kappa shape index (κ2) is 9.40. The number of hydrogen-bond acceptors (Lipinski definition) is 7. The molecule has 0 spiro atoms. The molecule has 1 aromatic carbocycles. The maximum Gasteiger partial charge on any atom is 0.414 e. The number of benzene rings is 1. The van der Waals surface area contributed by atoms with E-state index in [9.17, 15) is 22.8 Å². The summed E-state index contributed by atoms with van der Waals surface area (Å²) in [6.07, 6.45) is -0.870. The van der Waals surface area contributed by atoms with Crippen molar-refractivity contribution in [2.24, 2.45) is 0 Å². The molecule has 0 unspecified atom stereocenters. The summed E-state index contributed by atoms with van der Waals surface area (Å²) < 4.78 is 29.2. The molecule has 0 radical (unpaired) electrons. The van der Waals surface area contributed by atoms with Gasteiger partial charge in [0.25, 0.3) is 11.8 Å².